The minimum Gasteiger partial charge on any atom is -0.504 e. The molecule has 2 aliphatic rings. The molecule has 29 heavy (non-hydrogen) atoms. The lowest BCUT2D eigenvalue weighted by atomic mass is 9.46. The van der Waals surface area contributed by atoms with Crippen molar-refractivity contribution in [3.63, 3.8) is 0 Å². The minimum absolute atomic E-state index is 0.0162. The van der Waals surface area contributed by atoms with Crippen LogP contribution in [0.3, 0.4) is 0 Å². The summed E-state index contributed by atoms with van der Waals surface area (Å²) in [5.41, 5.74) is 1.18. The molecular weight excluding hydrogens is 364 g/mol. The van der Waals surface area contributed by atoms with Crippen LogP contribution in [-0.2, 0) is 9.59 Å². The summed E-state index contributed by atoms with van der Waals surface area (Å²) < 4.78 is 5.18. The van der Waals surface area contributed by atoms with E-state index in [1.165, 1.54) is 7.11 Å². The summed E-state index contributed by atoms with van der Waals surface area (Å²) >= 11 is 0. The lowest BCUT2D eigenvalue weighted by molar-refractivity contribution is -0.148. The third-order valence-electron chi connectivity index (χ3n) is 7.01. The largest absolute Gasteiger partial charge is 0.504 e. The molecule has 152 valence electrons. The Morgan fingerprint density at radius 3 is 2.45 bits per heavy atom. The van der Waals surface area contributed by atoms with Gasteiger partial charge in [-0.15, -0.1) is 0 Å². The number of phenols is 1. The van der Waals surface area contributed by atoms with E-state index in [1.54, 1.807) is 38.1 Å². The third kappa shape index (κ3) is 2.89. The fourth-order valence-corrected chi connectivity index (χ4v) is 4.72. The van der Waals surface area contributed by atoms with Gasteiger partial charge in [-0.2, -0.15) is 0 Å². The Morgan fingerprint density at radius 2 is 1.83 bits per heavy atom. The summed E-state index contributed by atoms with van der Waals surface area (Å²) in [4.78, 5) is 26.8. The quantitative estimate of drug-likeness (QED) is 0.779. The average molecular weight is 392 g/mol. The zero-order chi connectivity index (χ0) is 21.6. The van der Waals surface area contributed by atoms with E-state index in [2.05, 4.69) is 6.58 Å². The van der Waals surface area contributed by atoms with Gasteiger partial charge in [-0.25, -0.2) is 0 Å². The Labute approximate surface area is 172 Å². The molecule has 0 heterocycles. The van der Waals surface area contributed by atoms with Crippen LogP contribution in [0.15, 0.2) is 59.7 Å². The molecule has 0 saturated carbocycles. The molecule has 0 spiro atoms. The van der Waals surface area contributed by atoms with Crippen LogP contribution in [0.4, 0.5) is 0 Å². The maximum absolute atomic E-state index is 13.5. The van der Waals surface area contributed by atoms with Gasteiger partial charge in [0.2, 0.25) is 0 Å². The summed E-state index contributed by atoms with van der Waals surface area (Å²) in [6, 6.07) is 5.08. The molecule has 2 aliphatic carbocycles. The Bertz CT molecular complexity index is 994. The molecule has 3 atom stereocenters. The molecule has 1 aromatic carbocycles. The van der Waals surface area contributed by atoms with Crippen LogP contribution in [0, 0.1) is 16.7 Å². The first-order chi connectivity index (χ1) is 13.6. The third-order valence-corrected chi connectivity index (χ3v) is 7.01. The molecule has 0 bridgehead atoms. The number of aromatic hydroxyl groups is 1. The average Bonchev–Trinajstić information content (AvgIpc) is 2.72. The number of ether oxygens (including phenoxy) is 1. The number of phenolic OH excluding ortho intramolecular Hbond substituents is 1. The van der Waals surface area contributed by atoms with E-state index in [-0.39, 0.29) is 23.2 Å². The molecule has 1 N–H and O–H groups in total. The molecule has 0 fully saturated rings. The van der Waals surface area contributed by atoms with Crippen molar-refractivity contribution in [3.8, 4) is 11.5 Å². The van der Waals surface area contributed by atoms with E-state index < -0.39 is 10.8 Å². The monoisotopic (exact) mass is 392 g/mol. The Morgan fingerprint density at radius 1 is 1.17 bits per heavy atom. The summed E-state index contributed by atoms with van der Waals surface area (Å²) in [6.45, 7) is 11.2. The van der Waals surface area contributed by atoms with E-state index in [0.717, 1.165) is 11.1 Å². The lowest BCUT2D eigenvalue weighted by Gasteiger charge is -2.53. The van der Waals surface area contributed by atoms with Crippen molar-refractivity contribution in [1.82, 2.24) is 0 Å². The maximum Gasteiger partial charge on any atom is 0.166 e. The number of benzene rings is 1. The van der Waals surface area contributed by atoms with Crippen LogP contribution in [-0.4, -0.2) is 23.8 Å². The summed E-state index contributed by atoms with van der Waals surface area (Å²) in [7, 11) is 1.50. The van der Waals surface area contributed by atoms with Gasteiger partial charge in [0.1, 0.15) is 0 Å². The topological polar surface area (TPSA) is 63.6 Å². The fraction of sp³-hybridized carbons (Fsp3) is 0.360. The van der Waals surface area contributed by atoms with Crippen molar-refractivity contribution in [2.24, 2.45) is 16.7 Å². The lowest BCUT2D eigenvalue weighted by Crippen LogP contribution is -2.58. The first kappa shape index (κ1) is 20.8. The Balaban J connectivity index is 2.14. The van der Waals surface area contributed by atoms with Gasteiger partial charge in [-0.05, 0) is 54.7 Å². The summed E-state index contributed by atoms with van der Waals surface area (Å²) in [5.74, 6) is 0.212. The van der Waals surface area contributed by atoms with Crippen LogP contribution < -0.4 is 4.74 Å². The molecule has 3 rings (SSSR count). The van der Waals surface area contributed by atoms with Crippen LogP contribution in [0.5, 0.6) is 11.5 Å². The molecule has 4 heteroatoms. The summed E-state index contributed by atoms with van der Waals surface area (Å²) in [6.07, 6.45) is 8.18. The second-order valence-corrected chi connectivity index (χ2v) is 8.32. The van der Waals surface area contributed by atoms with Gasteiger partial charge in [0.25, 0.3) is 0 Å². The van der Waals surface area contributed by atoms with Gasteiger partial charge >= 0.3 is 0 Å². The van der Waals surface area contributed by atoms with E-state index in [1.807, 2.05) is 32.1 Å². The van der Waals surface area contributed by atoms with E-state index >= 15 is 0 Å². The highest BCUT2D eigenvalue weighted by atomic mass is 16.5. The van der Waals surface area contributed by atoms with Gasteiger partial charge < -0.3 is 9.84 Å². The van der Waals surface area contributed by atoms with Gasteiger partial charge in [0, 0.05) is 11.3 Å². The first-order valence-corrected chi connectivity index (χ1v) is 9.76. The Kier molecular flexibility index (Phi) is 5.16. The van der Waals surface area contributed by atoms with E-state index in [4.69, 9.17) is 4.74 Å². The second-order valence-electron chi connectivity index (χ2n) is 8.32. The zero-order valence-electron chi connectivity index (χ0n) is 17.7. The minimum atomic E-state index is -0.899. The SMILES string of the molecule is C=CC1=CC[C@@]2(C)C(=O)C(C)=C(C)C(=O)[C@@]2(C)[C@H]1C=Cc1ccc(O)c(OC)c1. The predicted octanol–water partition coefficient (Wildman–Crippen LogP) is 5.05. The number of Topliss-reactive ketones (excluding diaryl/α,β-unsaturated/α-hetero) is 2. The smallest absolute Gasteiger partial charge is 0.166 e. The van der Waals surface area contributed by atoms with Crippen molar-refractivity contribution in [2.75, 3.05) is 7.11 Å². The Hall–Kier alpha value is -2.88. The normalized spacial score (nSPS) is 29.7. The highest BCUT2D eigenvalue weighted by molar-refractivity contribution is 6.17. The number of hydrogen-bond donors (Lipinski definition) is 1. The fourth-order valence-electron chi connectivity index (χ4n) is 4.72. The number of hydrogen-bond acceptors (Lipinski definition) is 4. The number of carbonyl (C=O) groups is 2. The highest BCUT2D eigenvalue weighted by Crippen LogP contribution is 2.59. The standard InChI is InChI=1S/C25H28O4/c1-7-18-12-13-24(4)22(27)15(2)16(3)23(28)25(24,5)19(18)10-8-17-9-11-20(26)21(14-17)29-6/h7-12,14,19,26H,1,13H2,2-6H3/t19-,24-,25+/m0/s1. The number of rotatable bonds is 4. The van der Waals surface area contributed by atoms with Crippen molar-refractivity contribution in [2.45, 2.75) is 34.1 Å². The molecule has 0 amide bonds. The molecule has 0 unspecified atom stereocenters. The van der Waals surface area contributed by atoms with Crippen LogP contribution in [0.2, 0.25) is 0 Å². The van der Waals surface area contributed by atoms with E-state index in [9.17, 15) is 14.7 Å². The molecule has 0 radical (unpaired) electrons. The molecule has 4 nitrogen and oxygen atoms in total. The van der Waals surface area contributed by atoms with Gasteiger partial charge in [0.15, 0.2) is 23.1 Å². The number of methoxy groups -OCH3 is 1. The number of ketones is 2. The maximum atomic E-state index is 13.5. The van der Waals surface area contributed by atoms with Gasteiger partial charge in [-0.3, -0.25) is 9.59 Å². The molecular formula is C25H28O4. The van der Waals surface area contributed by atoms with Crippen molar-refractivity contribution in [1.29, 1.82) is 0 Å². The van der Waals surface area contributed by atoms with Gasteiger partial charge in [0.05, 0.1) is 12.5 Å². The second kappa shape index (κ2) is 7.18. The number of allylic oxidation sites excluding steroid dienone is 6. The number of carbonyl (C=O) groups excluding carboxylic acids is 2. The van der Waals surface area contributed by atoms with Crippen LogP contribution in [0.1, 0.15) is 39.7 Å². The highest BCUT2D eigenvalue weighted by Gasteiger charge is 2.62. The van der Waals surface area contributed by atoms with Crippen molar-refractivity contribution < 1.29 is 19.4 Å². The van der Waals surface area contributed by atoms with Crippen LogP contribution in [0.25, 0.3) is 6.08 Å². The summed E-state index contributed by atoms with van der Waals surface area (Å²) in [5, 5.41) is 9.82. The first-order valence-electron chi connectivity index (χ1n) is 9.76. The van der Waals surface area contributed by atoms with Crippen molar-refractivity contribution >= 4 is 17.6 Å². The predicted molar refractivity (Wildman–Crippen MR) is 115 cm³/mol. The van der Waals surface area contributed by atoms with Gasteiger partial charge in [-0.1, -0.05) is 50.8 Å². The van der Waals surface area contributed by atoms with Crippen molar-refractivity contribution in [3.05, 3.63) is 65.3 Å². The van der Waals surface area contributed by atoms with Crippen LogP contribution >= 0.6 is 0 Å². The number of fused-ring (bicyclic) bond motifs is 1. The molecule has 0 aromatic heterocycles. The van der Waals surface area contributed by atoms with E-state index in [0.29, 0.717) is 23.3 Å². The molecule has 0 saturated heterocycles. The molecule has 1 aromatic rings. The molecule has 0 aliphatic heterocycles. The zero-order valence-corrected chi connectivity index (χ0v) is 17.7.